The van der Waals surface area contributed by atoms with Gasteiger partial charge >= 0.3 is 0 Å². The van der Waals surface area contributed by atoms with Crippen molar-refractivity contribution in [2.24, 2.45) is 0 Å². The predicted octanol–water partition coefficient (Wildman–Crippen LogP) is 3.04. The second kappa shape index (κ2) is 5.63. The standard InChI is InChI=1S/C13H13BrN2OS/c1-9-2-5-13(12(15)6-9)18(17)8-11-4-3-10(14)7-16-11/h2-7H,8,15H2,1H3. The van der Waals surface area contributed by atoms with Crippen molar-refractivity contribution in [3.05, 3.63) is 52.3 Å². The van der Waals surface area contributed by atoms with Gasteiger partial charge in [0.25, 0.3) is 0 Å². The first-order valence-corrected chi connectivity index (χ1v) is 7.52. The Kier molecular flexibility index (Phi) is 4.14. The summed E-state index contributed by atoms with van der Waals surface area (Å²) in [6.07, 6.45) is 1.70. The first-order valence-electron chi connectivity index (χ1n) is 5.41. The molecule has 5 heteroatoms. The summed E-state index contributed by atoms with van der Waals surface area (Å²) >= 11 is 3.32. The van der Waals surface area contributed by atoms with Gasteiger partial charge in [0.05, 0.1) is 27.1 Å². The van der Waals surface area contributed by atoms with Crippen LogP contribution in [0.5, 0.6) is 0 Å². The van der Waals surface area contributed by atoms with E-state index in [1.54, 1.807) is 6.20 Å². The van der Waals surface area contributed by atoms with Gasteiger partial charge in [-0.15, -0.1) is 0 Å². The van der Waals surface area contributed by atoms with Crippen molar-refractivity contribution in [1.82, 2.24) is 4.98 Å². The summed E-state index contributed by atoms with van der Waals surface area (Å²) in [5.41, 5.74) is 8.31. The Hall–Kier alpha value is -1.20. The molecule has 0 bridgehead atoms. The number of benzene rings is 1. The van der Waals surface area contributed by atoms with E-state index in [1.165, 1.54) is 0 Å². The number of nitrogens with two attached hydrogens (primary N) is 1. The molecule has 0 spiro atoms. The van der Waals surface area contributed by atoms with Gasteiger partial charge in [-0.05, 0) is 52.7 Å². The fourth-order valence-corrected chi connectivity index (χ4v) is 2.95. The fourth-order valence-electron chi connectivity index (χ4n) is 1.58. The van der Waals surface area contributed by atoms with Crippen molar-refractivity contribution in [3.63, 3.8) is 0 Å². The van der Waals surface area contributed by atoms with Crippen molar-refractivity contribution >= 4 is 32.4 Å². The SMILES string of the molecule is Cc1ccc(S(=O)Cc2ccc(Br)cn2)c(N)c1. The lowest BCUT2D eigenvalue weighted by molar-refractivity contribution is 0.682. The van der Waals surface area contributed by atoms with Crippen molar-refractivity contribution < 1.29 is 4.21 Å². The highest BCUT2D eigenvalue weighted by Crippen LogP contribution is 2.20. The minimum Gasteiger partial charge on any atom is -0.398 e. The van der Waals surface area contributed by atoms with Crippen LogP contribution in [0.25, 0.3) is 0 Å². The van der Waals surface area contributed by atoms with Gasteiger partial charge in [0.2, 0.25) is 0 Å². The molecular formula is C13H13BrN2OS. The lowest BCUT2D eigenvalue weighted by Gasteiger charge is -2.06. The van der Waals surface area contributed by atoms with Gasteiger partial charge in [-0.1, -0.05) is 6.07 Å². The molecule has 1 atom stereocenters. The van der Waals surface area contributed by atoms with Crippen LogP contribution in [-0.4, -0.2) is 9.19 Å². The van der Waals surface area contributed by atoms with E-state index in [9.17, 15) is 4.21 Å². The fraction of sp³-hybridized carbons (Fsp3) is 0.154. The third kappa shape index (κ3) is 3.17. The molecule has 0 aliphatic heterocycles. The molecule has 1 heterocycles. The molecular weight excluding hydrogens is 312 g/mol. The van der Waals surface area contributed by atoms with E-state index < -0.39 is 10.8 Å². The second-order valence-corrected chi connectivity index (χ2v) is 6.33. The van der Waals surface area contributed by atoms with Crippen molar-refractivity contribution in [2.45, 2.75) is 17.6 Å². The third-order valence-electron chi connectivity index (χ3n) is 2.48. The van der Waals surface area contributed by atoms with E-state index in [1.807, 2.05) is 37.3 Å². The Bertz CT molecular complexity index is 584. The number of aryl methyl sites for hydroxylation is 1. The van der Waals surface area contributed by atoms with Crippen LogP contribution in [0.2, 0.25) is 0 Å². The van der Waals surface area contributed by atoms with Gasteiger partial charge < -0.3 is 5.73 Å². The molecule has 1 aromatic carbocycles. The summed E-state index contributed by atoms with van der Waals surface area (Å²) in [5.74, 6) is 0.376. The molecule has 0 aliphatic carbocycles. The highest BCUT2D eigenvalue weighted by molar-refractivity contribution is 9.10. The van der Waals surface area contributed by atoms with Crippen LogP contribution in [0.4, 0.5) is 5.69 Å². The molecule has 1 aromatic heterocycles. The third-order valence-corrected chi connectivity index (χ3v) is 4.37. The van der Waals surface area contributed by atoms with Crippen LogP contribution in [0, 0.1) is 6.92 Å². The zero-order valence-corrected chi connectivity index (χ0v) is 12.3. The maximum Gasteiger partial charge on any atom is 0.0706 e. The second-order valence-electron chi connectivity index (χ2n) is 4.00. The number of hydrogen-bond acceptors (Lipinski definition) is 3. The Morgan fingerprint density at radius 1 is 1.33 bits per heavy atom. The van der Waals surface area contributed by atoms with Crippen LogP contribution in [0.15, 0.2) is 45.9 Å². The van der Waals surface area contributed by atoms with Crippen LogP contribution >= 0.6 is 15.9 Å². The minimum atomic E-state index is -1.16. The minimum absolute atomic E-state index is 0.376. The lowest BCUT2D eigenvalue weighted by Crippen LogP contribution is -2.02. The van der Waals surface area contributed by atoms with Crippen LogP contribution in [0.1, 0.15) is 11.3 Å². The zero-order valence-electron chi connectivity index (χ0n) is 9.89. The van der Waals surface area contributed by atoms with Gasteiger partial charge in [0.1, 0.15) is 0 Å². The van der Waals surface area contributed by atoms with Gasteiger partial charge in [0, 0.05) is 16.4 Å². The summed E-state index contributed by atoms with van der Waals surface area (Å²) in [4.78, 5) is 4.88. The number of hydrogen-bond donors (Lipinski definition) is 1. The molecule has 0 amide bonds. The highest BCUT2D eigenvalue weighted by Gasteiger charge is 2.09. The highest BCUT2D eigenvalue weighted by atomic mass is 79.9. The first kappa shape index (κ1) is 13.2. The van der Waals surface area contributed by atoms with E-state index in [0.29, 0.717) is 16.3 Å². The molecule has 94 valence electrons. The van der Waals surface area contributed by atoms with Crippen molar-refractivity contribution in [2.75, 3.05) is 5.73 Å². The lowest BCUT2D eigenvalue weighted by atomic mass is 10.2. The molecule has 18 heavy (non-hydrogen) atoms. The van der Waals surface area contributed by atoms with Crippen molar-refractivity contribution in [1.29, 1.82) is 0 Å². The Morgan fingerprint density at radius 2 is 2.11 bits per heavy atom. The topological polar surface area (TPSA) is 56.0 Å². The molecule has 2 N–H and O–H groups in total. The summed E-state index contributed by atoms with van der Waals surface area (Å²) < 4.78 is 13.1. The molecule has 0 fully saturated rings. The first-order chi connectivity index (χ1) is 8.56. The summed E-state index contributed by atoms with van der Waals surface area (Å²) in [7, 11) is -1.16. The Morgan fingerprint density at radius 3 is 2.72 bits per heavy atom. The monoisotopic (exact) mass is 324 g/mol. The largest absolute Gasteiger partial charge is 0.398 e. The smallest absolute Gasteiger partial charge is 0.0706 e. The molecule has 1 unspecified atom stereocenters. The zero-order chi connectivity index (χ0) is 13.1. The number of nitrogens with zero attached hydrogens (tertiary/aromatic N) is 1. The van der Waals surface area contributed by atoms with Crippen LogP contribution < -0.4 is 5.73 Å². The van der Waals surface area contributed by atoms with Crippen LogP contribution in [0.3, 0.4) is 0 Å². The van der Waals surface area contributed by atoms with Gasteiger partial charge in [0.15, 0.2) is 0 Å². The molecule has 3 nitrogen and oxygen atoms in total. The van der Waals surface area contributed by atoms with E-state index in [2.05, 4.69) is 20.9 Å². The van der Waals surface area contributed by atoms with Gasteiger partial charge in [-0.3, -0.25) is 9.19 Å². The number of anilines is 1. The number of pyridine rings is 1. The Balaban J connectivity index is 2.19. The molecule has 2 aromatic rings. The average molecular weight is 325 g/mol. The summed E-state index contributed by atoms with van der Waals surface area (Å²) in [5, 5.41) is 0. The van der Waals surface area contributed by atoms with E-state index in [-0.39, 0.29) is 0 Å². The molecule has 0 saturated carbocycles. The van der Waals surface area contributed by atoms with E-state index in [4.69, 9.17) is 5.73 Å². The molecule has 0 saturated heterocycles. The van der Waals surface area contributed by atoms with Crippen LogP contribution in [-0.2, 0) is 16.6 Å². The van der Waals surface area contributed by atoms with Gasteiger partial charge in [-0.25, -0.2) is 0 Å². The quantitative estimate of drug-likeness (QED) is 0.883. The van der Waals surface area contributed by atoms with E-state index >= 15 is 0 Å². The van der Waals surface area contributed by atoms with Crippen molar-refractivity contribution in [3.8, 4) is 0 Å². The number of rotatable bonds is 3. The predicted molar refractivity (Wildman–Crippen MR) is 77.6 cm³/mol. The van der Waals surface area contributed by atoms with Gasteiger partial charge in [-0.2, -0.15) is 0 Å². The average Bonchev–Trinajstić information content (AvgIpc) is 2.32. The number of nitrogen functional groups attached to an aromatic ring is 1. The summed E-state index contributed by atoms with van der Waals surface area (Å²) in [6.45, 7) is 1.96. The number of aromatic nitrogens is 1. The summed E-state index contributed by atoms with van der Waals surface area (Å²) in [6, 6.07) is 9.31. The van der Waals surface area contributed by atoms with E-state index in [0.717, 1.165) is 15.7 Å². The Labute approximate surface area is 117 Å². The normalized spacial score (nSPS) is 12.3. The molecule has 0 aliphatic rings. The maximum absolute atomic E-state index is 12.2. The molecule has 0 radical (unpaired) electrons. The molecule has 2 rings (SSSR count). The maximum atomic E-state index is 12.2. The number of halogens is 1.